The first-order valence-electron chi connectivity index (χ1n) is 7.85. The Hall–Kier alpha value is -2.28. The van der Waals surface area contributed by atoms with Crippen molar-refractivity contribution >= 4 is 5.91 Å². The summed E-state index contributed by atoms with van der Waals surface area (Å²) in [5, 5.41) is 3.82. The van der Waals surface area contributed by atoms with Crippen LogP contribution in [0, 0.1) is 12.8 Å². The Bertz CT molecular complexity index is 702. The summed E-state index contributed by atoms with van der Waals surface area (Å²) in [6.07, 6.45) is 4.96. The monoisotopic (exact) mass is 314 g/mol. The van der Waals surface area contributed by atoms with Gasteiger partial charge in [-0.25, -0.2) is 0 Å². The Morgan fingerprint density at radius 2 is 2.35 bits per heavy atom. The highest BCUT2D eigenvalue weighted by Gasteiger charge is 2.42. The number of ether oxygens (including phenoxy) is 1. The van der Waals surface area contributed by atoms with Crippen molar-refractivity contribution in [2.45, 2.75) is 32.0 Å². The highest BCUT2D eigenvalue weighted by atomic mass is 16.5. The molecule has 0 N–H and O–H groups in total. The van der Waals surface area contributed by atoms with Gasteiger partial charge < -0.3 is 14.2 Å². The zero-order valence-electron chi connectivity index (χ0n) is 12.9. The third kappa shape index (κ3) is 2.72. The number of piperidine rings is 1. The van der Waals surface area contributed by atoms with Gasteiger partial charge >= 0.3 is 0 Å². The van der Waals surface area contributed by atoms with Gasteiger partial charge in [0.25, 0.3) is 11.8 Å². The maximum absolute atomic E-state index is 12.5. The average Bonchev–Trinajstić information content (AvgIpc) is 3.20. The van der Waals surface area contributed by atoms with Gasteiger partial charge in [0.15, 0.2) is 5.82 Å². The van der Waals surface area contributed by atoms with Gasteiger partial charge in [0.1, 0.15) is 6.10 Å². The number of aryl methyl sites for hydroxylation is 1. The molecule has 0 radical (unpaired) electrons. The SMILES string of the molecule is Cc1noc([C@@H]2C[C@H]3CCN(C(=O)c4cccnc4)C[C@@H]3O2)n1. The van der Waals surface area contributed by atoms with Crippen molar-refractivity contribution in [3.63, 3.8) is 0 Å². The number of fused-ring (bicyclic) bond motifs is 1. The second kappa shape index (κ2) is 5.73. The Labute approximate surface area is 133 Å². The summed E-state index contributed by atoms with van der Waals surface area (Å²) in [6, 6.07) is 3.57. The Kier molecular flexibility index (Phi) is 3.57. The van der Waals surface area contributed by atoms with E-state index in [0.717, 1.165) is 19.4 Å². The van der Waals surface area contributed by atoms with Crippen LogP contribution >= 0.6 is 0 Å². The molecule has 7 heteroatoms. The molecule has 2 fully saturated rings. The van der Waals surface area contributed by atoms with Gasteiger partial charge in [0.05, 0.1) is 11.7 Å². The third-order valence-electron chi connectivity index (χ3n) is 4.57. The Morgan fingerprint density at radius 1 is 1.43 bits per heavy atom. The molecule has 2 aromatic heterocycles. The number of likely N-dealkylation sites (tertiary alicyclic amines) is 1. The smallest absolute Gasteiger partial charge is 0.255 e. The molecule has 0 spiro atoms. The number of carbonyl (C=O) groups excluding carboxylic acids is 1. The normalized spacial score (nSPS) is 27.0. The number of hydrogen-bond donors (Lipinski definition) is 0. The zero-order valence-corrected chi connectivity index (χ0v) is 12.9. The van der Waals surface area contributed by atoms with E-state index >= 15 is 0 Å². The number of hydrogen-bond acceptors (Lipinski definition) is 6. The minimum Gasteiger partial charge on any atom is -0.363 e. The molecule has 0 bridgehead atoms. The second-order valence-corrected chi connectivity index (χ2v) is 6.12. The van der Waals surface area contributed by atoms with Gasteiger partial charge in [-0.15, -0.1) is 0 Å². The van der Waals surface area contributed by atoms with Crippen molar-refractivity contribution in [1.29, 1.82) is 0 Å². The number of carbonyl (C=O) groups is 1. The highest BCUT2D eigenvalue weighted by molar-refractivity contribution is 5.93. The first-order chi connectivity index (χ1) is 11.2. The molecule has 2 aliphatic rings. The standard InChI is InChI=1S/C16H18N4O3/c1-10-18-15(23-19-10)13-7-11-4-6-20(9-14(11)22-13)16(21)12-3-2-5-17-8-12/h2-3,5,8,11,13-14H,4,6-7,9H2,1H3/t11-,13+,14+/m1/s1. The molecule has 1 amide bonds. The van der Waals surface area contributed by atoms with Gasteiger partial charge in [-0.2, -0.15) is 4.98 Å². The van der Waals surface area contributed by atoms with E-state index in [0.29, 0.717) is 29.7 Å². The van der Waals surface area contributed by atoms with Gasteiger partial charge in [0, 0.05) is 25.5 Å². The summed E-state index contributed by atoms with van der Waals surface area (Å²) in [5.74, 6) is 1.61. The van der Waals surface area contributed by atoms with Crippen LogP contribution in [-0.4, -0.2) is 45.1 Å². The zero-order chi connectivity index (χ0) is 15.8. The van der Waals surface area contributed by atoms with Crippen LogP contribution in [0.2, 0.25) is 0 Å². The predicted molar refractivity (Wildman–Crippen MR) is 79.5 cm³/mol. The molecule has 4 rings (SSSR count). The number of pyridine rings is 1. The van der Waals surface area contributed by atoms with E-state index in [9.17, 15) is 4.79 Å². The summed E-state index contributed by atoms with van der Waals surface area (Å²) in [4.78, 5) is 22.7. The van der Waals surface area contributed by atoms with E-state index in [-0.39, 0.29) is 18.1 Å². The lowest BCUT2D eigenvalue weighted by molar-refractivity contribution is -0.0137. The van der Waals surface area contributed by atoms with E-state index in [2.05, 4.69) is 15.1 Å². The summed E-state index contributed by atoms with van der Waals surface area (Å²) in [6.45, 7) is 3.14. The molecule has 3 atom stereocenters. The van der Waals surface area contributed by atoms with Crippen LogP contribution < -0.4 is 0 Å². The highest BCUT2D eigenvalue weighted by Crippen LogP contribution is 2.40. The summed E-state index contributed by atoms with van der Waals surface area (Å²) < 4.78 is 11.3. The topological polar surface area (TPSA) is 81.4 Å². The minimum absolute atomic E-state index is 0.0113. The second-order valence-electron chi connectivity index (χ2n) is 6.12. The molecule has 120 valence electrons. The van der Waals surface area contributed by atoms with Crippen molar-refractivity contribution in [1.82, 2.24) is 20.0 Å². The van der Waals surface area contributed by atoms with Crippen molar-refractivity contribution in [3.05, 3.63) is 41.8 Å². The number of nitrogens with zero attached hydrogens (tertiary/aromatic N) is 4. The van der Waals surface area contributed by atoms with Gasteiger partial charge in [0.2, 0.25) is 0 Å². The van der Waals surface area contributed by atoms with Crippen molar-refractivity contribution in [2.75, 3.05) is 13.1 Å². The fourth-order valence-corrected chi connectivity index (χ4v) is 3.39. The molecular formula is C16H18N4O3. The molecule has 0 aromatic carbocycles. The van der Waals surface area contributed by atoms with Gasteiger partial charge in [-0.1, -0.05) is 5.16 Å². The molecule has 0 aliphatic carbocycles. The van der Waals surface area contributed by atoms with Crippen molar-refractivity contribution in [3.8, 4) is 0 Å². The van der Waals surface area contributed by atoms with Crippen LogP contribution in [0.3, 0.4) is 0 Å². The fourth-order valence-electron chi connectivity index (χ4n) is 3.39. The van der Waals surface area contributed by atoms with E-state index in [4.69, 9.17) is 9.26 Å². The third-order valence-corrected chi connectivity index (χ3v) is 4.57. The van der Waals surface area contributed by atoms with Crippen LogP contribution in [0.4, 0.5) is 0 Å². The Morgan fingerprint density at radius 3 is 3.09 bits per heavy atom. The number of rotatable bonds is 2. The van der Waals surface area contributed by atoms with Crippen LogP contribution in [0.5, 0.6) is 0 Å². The van der Waals surface area contributed by atoms with E-state index in [1.165, 1.54) is 0 Å². The Balaban J connectivity index is 1.44. The summed E-state index contributed by atoms with van der Waals surface area (Å²) in [5.41, 5.74) is 0.619. The lowest BCUT2D eigenvalue weighted by atomic mass is 9.91. The maximum atomic E-state index is 12.5. The molecule has 23 heavy (non-hydrogen) atoms. The lowest BCUT2D eigenvalue weighted by Crippen LogP contribution is -2.45. The molecule has 0 saturated carbocycles. The lowest BCUT2D eigenvalue weighted by Gasteiger charge is -2.34. The molecule has 7 nitrogen and oxygen atoms in total. The summed E-state index contributed by atoms with van der Waals surface area (Å²) in [7, 11) is 0. The van der Waals surface area contributed by atoms with E-state index in [1.807, 2.05) is 4.90 Å². The van der Waals surface area contributed by atoms with E-state index in [1.54, 1.807) is 31.5 Å². The van der Waals surface area contributed by atoms with Crippen LogP contribution in [-0.2, 0) is 4.74 Å². The van der Waals surface area contributed by atoms with Gasteiger partial charge in [-0.3, -0.25) is 9.78 Å². The molecule has 4 heterocycles. The first kappa shape index (κ1) is 14.3. The van der Waals surface area contributed by atoms with Crippen LogP contribution in [0.15, 0.2) is 29.0 Å². The average molecular weight is 314 g/mol. The quantitative estimate of drug-likeness (QED) is 0.840. The fraction of sp³-hybridized carbons (Fsp3) is 0.500. The molecule has 2 aromatic rings. The largest absolute Gasteiger partial charge is 0.363 e. The maximum Gasteiger partial charge on any atom is 0.255 e. The van der Waals surface area contributed by atoms with Crippen LogP contribution in [0.1, 0.15) is 41.0 Å². The summed E-state index contributed by atoms with van der Waals surface area (Å²) >= 11 is 0. The predicted octanol–water partition coefficient (Wildman–Crippen LogP) is 1.77. The van der Waals surface area contributed by atoms with Crippen molar-refractivity contribution < 1.29 is 14.1 Å². The minimum atomic E-state index is -0.153. The molecule has 2 saturated heterocycles. The number of aromatic nitrogens is 3. The van der Waals surface area contributed by atoms with Gasteiger partial charge in [-0.05, 0) is 37.8 Å². The molecular weight excluding hydrogens is 296 g/mol. The number of amides is 1. The molecule has 2 aliphatic heterocycles. The first-order valence-corrected chi connectivity index (χ1v) is 7.85. The molecule has 0 unspecified atom stereocenters. The van der Waals surface area contributed by atoms with Crippen LogP contribution in [0.25, 0.3) is 0 Å². The van der Waals surface area contributed by atoms with E-state index < -0.39 is 0 Å². The van der Waals surface area contributed by atoms with Crippen molar-refractivity contribution in [2.24, 2.45) is 5.92 Å².